The Morgan fingerprint density at radius 3 is 2.96 bits per heavy atom. The van der Waals surface area contributed by atoms with Gasteiger partial charge in [-0.15, -0.1) is 0 Å². The van der Waals surface area contributed by atoms with E-state index in [1.165, 1.54) is 0 Å². The molecule has 0 saturated heterocycles. The molecule has 2 N–H and O–H groups in total. The van der Waals surface area contributed by atoms with E-state index in [0.29, 0.717) is 23.1 Å². The number of nitrogens with two attached hydrogens (primary N) is 1. The van der Waals surface area contributed by atoms with E-state index in [2.05, 4.69) is 11.1 Å². The zero-order chi connectivity index (χ0) is 16.7. The molecule has 0 fully saturated rings. The highest BCUT2D eigenvalue weighted by Crippen LogP contribution is 2.28. The summed E-state index contributed by atoms with van der Waals surface area (Å²) < 4.78 is 6.99. The maximum Gasteiger partial charge on any atom is 0.261 e. The highest BCUT2D eigenvalue weighted by atomic mass is 16.5. The van der Waals surface area contributed by atoms with Crippen LogP contribution in [0.4, 0.5) is 5.69 Å². The minimum Gasteiger partial charge on any atom is -0.497 e. The standard InChI is InChI=1S/C19H17N3O2/c1-24-15-4-2-3-12(10-15)9-13-7-8-22-18(13)21-17-6-5-14(20)11-16(17)19(22)23/h2-6,9-11H,7-8,20H2,1H3/b13-9+. The molecule has 0 amide bonds. The first kappa shape index (κ1) is 14.5. The molecule has 1 aliphatic heterocycles. The van der Waals surface area contributed by atoms with Crippen LogP contribution in [0, 0.1) is 0 Å². The van der Waals surface area contributed by atoms with E-state index >= 15 is 0 Å². The summed E-state index contributed by atoms with van der Waals surface area (Å²) in [7, 11) is 1.65. The van der Waals surface area contributed by atoms with Gasteiger partial charge in [-0.1, -0.05) is 12.1 Å². The van der Waals surface area contributed by atoms with Gasteiger partial charge in [-0.2, -0.15) is 0 Å². The molecule has 1 aromatic heterocycles. The van der Waals surface area contributed by atoms with E-state index in [1.54, 1.807) is 29.9 Å². The lowest BCUT2D eigenvalue weighted by molar-refractivity contribution is 0.414. The molecule has 0 radical (unpaired) electrons. The summed E-state index contributed by atoms with van der Waals surface area (Å²) >= 11 is 0. The van der Waals surface area contributed by atoms with Gasteiger partial charge in [0.05, 0.1) is 18.0 Å². The molecule has 120 valence electrons. The van der Waals surface area contributed by atoms with E-state index in [4.69, 9.17) is 10.5 Å². The van der Waals surface area contributed by atoms with Crippen LogP contribution < -0.4 is 16.0 Å². The van der Waals surface area contributed by atoms with Crippen LogP contribution in [0.5, 0.6) is 5.75 Å². The highest BCUT2D eigenvalue weighted by molar-refractivity contribution is 5.86. The molecule has 1 aliphatic rings. The molecule has 5 heteroatoms. The number of rotatable bonds is 2. The van der Waals surface area contributed by atoms with E-state index in [0.717, 1.165) is 29.1 Å². The van der Waals surface area contributed by atoms with Gasteiger partial charge in [0.2, 0.25) is 0 Å². The Morgan fingerprint density at radius 1 is 1.25 bits per heavy atom. The lowest BCUT2D eigenvalue weighted by Crippen LogP contribution is -2.20. The SMILES string of the molecule is COc1cccc(/C=C2\CCn3c2nc2ccc(N)cc2c3=O)c1. The maximum absolute atomic E-state index is 12.7. The van der Waals surface area contributed by atoms with Crippen LogP contribution in [-0.2, 0) is 6.54 Å². The van der Waals surface area contributed by atoms with Gasteiger partial charge in [-0.05, 0) is 54.0 Å². The number of hydrogen-bond acceptors (Lipinski definition) is 4. The third-order valence-electron chi connectivity index (χ3n) is 4.30. The van der Waals surface area contributed by atoms with Gasteiger partial charge in [0, 0.05) is 12.2 Å². The lowest BCUT2D eigenvalue weighted by atomic mass is 10.1. The molecule has 4 rings (SSSR count). The molecule has 24 heavy (non-hydrogen) atoms. The van der Waals surface area contributed by atoms with Crippen molar-refractivity contribution in [1.82, 2.24) is 9.55 Å². The zero-order valence-corrected chi connectivity index (χ0v) is 13.3. The normalized spacial score (nSPS) is 15.0. The second-order valence-electron chi connectivity index (χ2n) is 5.86. The van der Waals surface area contributed by atoms with Crippen molar-refractivity contribution in [2.75, 3.05) is 12.8 Å². The molecule has 3 aromatic rings. The number of allylic oxidation sites excluding steroid dienone is 1. The van der Waals surface area contributed by atoms with Gasteiger partial charge in [0.25, 0.3) is 5.56 Å². The minimum atomic E-state index is -0.0312. The van der Waals surface area contributed by atoms with Crippen molar-refractivity contribution < 1.29 is 4.74 Å². The van der Waals surface area contributed by atoms with Crippen molar-refractivity contribution in [3.8, 4) is 5.75 Å². The van der Waals surface area contributed by atoms with Crippen molar-refractivity contribution in [3.63, 3.8) is 0 Å². The molecule has 0 saturated carbocycles. The van der Waals surface area contributed by atoms with E-state index < -0.39 is 0 Å². The average Bonchev–Trinajstić information content (AvgIpc) is 2.99. The van der Waals surface area contributed by atoms with E-state index in [1.807, 2.05) is 24.3 Å². The molecular weight excluding hydrogens is 302 g/mol. The van der Waals surface area contributed by atoms with Gasteiger partial charge >= 0.3 is 0 Å². The van der Waals surface area contributed by atoms with Gasteiger partial charge in [-0.25, -0.2) is 4.98 Å². The van der Waals surface area contributed by atoms with Gasteiger partial charge in [-0.3, -0.25) is 9.36 Å². The fraction of sp³-hybridized carbons (Fsp3) is 0.158. The van der Waals surface area contributed by atoms with Crippen molar-refractivity contribution in [1.29, 1.82) is 0 Å². The third-order valence-corrected chi connectivity index (χ3v) is 4.30. The summed E-state index contributed by atoms with van der Waals surface area (Å²) in [6.45, 7) is 0.641. The van der Waals surface area contributed by atoms with Gasteiger partial charge < -0.3 is 10.5 Å². The first-order valence-corrected chi connectivity index (χ1v) is 7.81. The molecular formula is C19H17N3O2. The Bertz CT molecular complexity index is 1030. The number of aromatic nitrogens is 2. The quantitative estimate of drug-likeness (QED) is 0.737. The number of hydrogen-bond donors (Lipinski definition) is 1. The number of fused-ring (bicyclic) bond motifs is 2. The summed E-state index contributed by atoms with van der Waals surface area (Å²) in [5.41, 5.74) is 9.11. The molecule has 0 aliphatic carbocycles. The number of benzene rings is 2. The van der Waals surface area contributed by atoms with Crippen molar-refractivity contribution in [2.24, 2.45) is 0 Å². The second kappa shape index (κ2) is 5.53. The van der Waals surface area contributed by atoms with Gasteiger partial charge in [0.15, 0.2) is 0 Å². The molecule has 0 unspecified atom stereocenters. The number of nitrogens with zero attached hydrogens (tertiary/aromatic N) is 2. The molecule has 2 aromatic carbocycles. The summed E-state index contributed by atoms with van der Waals surface area (Å²) in [6, 6.07) is 13.1. The predicted octanol–water partition coefficient (Wildman–Crippen LogP) is 2.93. The smallest absolute Gasteiger partial charge is 0.261 e. The van der Waals surface area contributed by atoms with Crippen LogP contribution in [-0.4, -0.2) is 16.7 Å². The molecule has 0 spiro atoms. The van der Waals surface area contributed by atoms with Crippen LogP contribution >= 0.6 is 0 Å². The van der Waals surface area contributed by atoms with Crippen LogP contribution in [0.25, 0.3) is 22.6 Å². The lowest BCUT2D eigenvalue weighted by Gasteiger charge is -2.06. The van der Waals surface area contributed by atoms with Crippen LogP contribution in [0.1, 0.15) is 17.8 Å². The molecule has 5 nitrogen and oxygen atoms in total. The van der Waals surface area contributed by atoms with E-state index in [9.17, 15) is 4.79 Å². The Labute approximate surface area is 139 Å². The fourth-order valence-corrected chi connectivity index (χ4v) is 3.10. The summed E-state index contributed by atoms with van der Waals surface area (Å²) in [5.74, 6) is 1.54. The molecule has 0 bridgehead atoms. The first-order chi connectivity index (χ1) is 11.7. The summed E-state index contributed by atoms with van der Waals surface area (Å²) in [6.07, 6.45) is 2.85. The Hall–Kier alpha value is -3.08. The first-order valence-electron chi connectivity index (χ1n) is 7.81. The van der Waals surface area contributed by atoms with Gasteiger partial charge in [0.1, 0.15) is 11.6 Å². The van der Waals surface area contributed by atoms with Crippen LogP contribution in [0.2, 0.25) is 0 Å². The molecule has 2 heterocycles. The van der Waals surface area contributed by atoms with E-state index in [-0.39, 0.29) is 5.56 Å². The van der Waals surface area contributed by atoms with Crippen molar-refractivity contribution in [2.45, 2.75) is 13.0 Å². The largest absolute Gasteiger partial charge is 0.497 e. The summed E-state index contributed by atoms with van der Waals surface area (Å²) in [5, 5.41) is 0.571. The number of ether oxygens (including phenoxy) is 1. The third kappa shape index (κ3) is 2.34. The average molecular weight is 319 g/mol. The summed E-state index contributed by atoms with van der Waals surface area (Å²) in [4.78, 5) is 17.4. The Balaban J connectivity index is 1.87. The number of methoxy groups -OCH3 is 1. The Kier molecular flexibility index (Phi) is 3.34. The number of anilines is 1. The second-order valence-corrected chi connectivity index (χ2v) is 5.86. The predicted molar refractivity (Wildman–Crippen MR) is 95.9 cm³/mol. The fourth-order valence-electron chi connectivity index (χ4n) is 3.10. The monoisotopic (exact) mass is 319 g/mol. The minimum absolute atomic E-state index is 0.0312. The van der Waals surface area contributed by atoms with Crippen molar-refractivity contribution >= 4 is 28.2 Å². The topological polar surface area (TPSA) is 70.1 Å². The Morgan fingerprint density at radius 2 is 2.12 bits per heavy atom. The molecule has 0 atom stereocenters. The zero-order valence-electron chi connectivity index (χ0n) is 13.3. The van der Waals surface area contributed by atoms with Crippen molar-refractivity contribution in [3.05, 3.63) is 64.2 Å². The number of nitrogen functional groups attached to an aromatic ring is 1. The maximum atomic E-state index is 12.7. The van der Waals surface area contributed by atoms with Crippen LogP contribution in [0.15, 0.2) is 47.3 Å². The van der Waals surface area contributed by atoms with Crippen LogP contribution in [0.3, 0.4) is 0 Å². The highest BCUT2D eigenvalue weighted by Gasteiger charge is 2.20.